The van der Waals surface area contributed by atoms with Gasteiger partial charge in [0.2, 0.25) is 0 Å². The van der Waals surface area contributed by atoms with Crippen molar-refractivity contribution in [3.05, 3.63) is 0 Å². The number of hydrogen-bond acceptors (Lipinski definition) is 8. The van der Waals surface area contributed by atoms with Gasteiger partial charge in [-0.05, 0) is 80.0 Å². The van der Waals surface area contributed by atoms with Gasteiger partial charge in [0, 0.05) is 11.8 Å². The van der Waals surface area contributed by atoms with E-state index in [1.54, 1.807) is 0 Å². The van der Waals surface area contributed by atoms with Gasteiger partial charge in [0.1, 0.15) is 11.8 Å². The molecule has 0 bridgehead atoms. The summed E-state index contributed by atoms with van der Waals surface area (Å²) in [6, 6.07) is 0. The lowest BCUT2D eigenvalue weighted by Crippen LogP contribution is -2.74. The normalized spacial score (nSPS) is 51.0. The Labute approximate surface area is 215 Å². The second-order valence-electron chi connectivity index (χ2n) is 14.2. The summed E-state index contributed by atoms with van der Waals surface area (Å²) in [5.41, 5.74) is 3.89. The van der Waals surface area contributed by atoms with E-state index in [0.29, 0.717) is 24.7 Å². The van der Waals surface area contributed by atoms with Crippen molar-refractivity contribution in [2.24, 2.45) is 58.5 Å². The summed E-state index contributed by atoms with van der Waals surface area (Å²) in [6.07, 6.45) is -1.18. The molecule has 0 aromatic carbocycles. The molecule has 0 amide bonds. The molecule has 210 valence electrons. The Morgan fingerprint density at radius 3 is 2.19 bits per heavy atom. The van der Waals surface area contributed by atoms with Crippen molar-refractivity contribution in [2.45, 2.75) is 121 Å². The van der Waals surface area contributed by atoms with E-state index in [2.05, 4.69) is 27.7 Å². The van der Waals surface area contributed by atoms with Gasteiger partial charge in [-0.2, -0.15) is 0 Å². The van der Waals surface area contributed by atoms with Crippen LogP contribution in [0.25, 0.3) is 0 Å². The van der Waals surface area contributed by atoms with E-state index >= 15 is 0 Å². The smallest absolute Gasteiger partial charge is 0.120 e. The van der Waals surface area contributed by atoms with Crippen LogP contribution in [-0.4, -0.2) is 78.1 Å². The first-order valence-corrected chi connectivity index (χ1v) is 14.2. The molecule has 4 aliphatic carbocycles. The first-order chi connectivity index (χ1) is 16.7. The van der Waals surface area contributed by atoms with Gasteiger partial charge in [0.05, 0.1) is 36.4 Å². The standard InChI is InChI=1S/C28H51NO7/c1-13(12-27(2,3)4)5-6-14-7-8-18(30)21-17(14)10-15-9-16-11-19(31)22(26(29)35)25(34)28(16,36)24(33)20(15)23(21)32/h13-26,30-36H,5-12,29H2,1-4H3/t13?,14?,15-,16+,17?,18?,19?,20?,21?,22?,23?,24?,25?,26?,28+/m1/s1. The van der Waals surface area contributed by atoms with Crippen LogP contribution in [-0.2, 0) is 0 Å². The maximum atomic E-state index is 11.6. The highest BCUT2D eigenvalue weighted by Crippen LogP contribution is 2.58. The summed E-state index contributed by atoms with van der Waals surface area (Å²) in [5, 5.41) is 77.1. The average molecular weight is 514 g/mol. The number of aliphatic hydroxyl groups excluding tert-OH is 6. The fraction of sp³-hybridized carbons (Fsp3) is 1.00. The Morgan fingerprint density at radius 2 is 1.58 bits per heavy atom. The minimum absolute atomic E-state index is 0.0833. The van der Waals surface area contributed by atoms with Crippen LogP contribution in [0.3, 0.4) is 0 Å². The third-order valence-electron chi connectivity index (χ3n) is 10.6. The van der Waals surface area contributed by atoms with Crippen LogP contribution in [0.1, 0.15) is 79.1 Å². The van der Waals surface area contributed by atoms with Gasteiger partial charge in [0.25, 0.3) is 0 Å². The summed E-state index contributed by atoms with van der Waals surface area (Å²) < 4.78 is 0. The summed E-state index contributed by atoms with van der Waals surface area (Å²) in [4.78, 5) is 0. The fourth-order valence-electron chi connectivity index (χ4n) is 9.15. The zero-order valence-electron chi connectivity index (χ0n) is 22.4. The molecule has 4 aliphatic rings. The first kappa shape index (κ1) is 28.7. The molecule has 15 atom stereocenters. The Balaban J connectivity index is 1.54. The first-order valence-electron chi connectivity index (χ1n) is 14.2. The van der Waals surface area contributed by atoms with Gasteiger partial charge in [-0.15, -0.1) is 0 Å². The Hall–Kier alpha value is -0.320. The van der Waals surface area contributed by atoms with E-state index < -0.39 is 60.1 Å². The van der Waals surface area contributed by atoms with E-state index in [4.69, 9.17) is 5.73 Å². The monoisotopic (exact) mass is 513 g/mol. The van der Waals surface area contributed by atoms with E-state index in [-0.39, 0.29) is 29.6 Å². The van der Waals surface area contributed by atoms with Crippen molar-refractivity contribution in [3.63, 3.8) is 0 Å². The van der Waals surface area contributed by atoms with Gasteiger partial charge >= 0.3 is 0 Å². The highest BCUT2D eigenvalue weighted by molar-refractivity contribution is 5.16. The van der Waals surface area contributed by atoms with E-state index in [0.717, 1.165) is 32.1 Å². The molecule has 0 aromatic heterocycles. The third kappa shape index (κ3) is 5.02. The van der Waals surface area contributed by atoms with Crippen molar-refractivity contribution in [1.29, 1.82) is 0 Å². The van der Waals surface area contributed by atoms with Crippen LogP contribution in [0.4, 0.5) is 0 Å². The zero-order valence-corrected chi connectivity index (χ0v) is 22.4. The Kier molecular flexibility index (Phi) is 8.24. The summed E-state index contributed by atoms with van der Waals surface area (Å²) >= 11 is 0. The molecule has 9 N–H and O–H groups in total. The molecule has 4 fully saturated rings. The molecule has 4 rings (SSSR count). The topological polar surface area (TPSA) is 168 Å². The molecule has 0 saturated heterocycles. The van der Waals surface area contributed by atoms with Crippen LogP contribution in [0, 0.1) is 52.8 Å². The predicted molar refractivity (Wildman–Crippen MR) is 135 cm³/mol. The number of rotatable bonds is 5. The van der Waals surface area contributed by atoms with E-state index in [9.17, 15) is 35.7 Å². The third-order valence-corrected chi connectivity index (χ3v) is 10.6. The molecule has 0 heterocycles. The van der Waals surface area contributed by atoms with Crippen LogP contribution in [0.2, 0.25) is 0 Å². The van der Waals surface area contributed by atoms with E-state index in [1.165, 1.54) is 0 Å². The van der Waals surface area contributed by atoms with Crippen LogP contribution in [0.15, 0.2) is 0 Å². The summed E-state index contributed by atoms with van der Waals surface area (Å²) in [7, 11) is 0. The minimum Gasteiger partial charge on any atom is -0.393 e. The molecule has 4 saturated carbocycles. The largest absolute Gasteiger partial charge is 0.393 e. The molecule has 0 aliphatic heterocycles. The molecule has 0 spiro atoms. The molecular formula is C28H51NO7. The van der Waals surface area contributed by atoms with Crippen molar-refractivity contribution in [2.75, 3.05) is 0 Å². The van der Waals surface area contributed by atoms with Crippen molar-refractivity contribution < 1.29 is 35.7 Å². The second-order valence-corrected chi connectivity index (χ2v) is 14.2. The Bertz CT molecular complexity index is 759. The fourth-order valence-corrected chi connectivity index (χ4v) is 9.15. The lowest BCUT2D eigenvalue weighted by Gasteiger charge is -2.62. The van der Waals surface area contributed by atoms with Crippen LogP contribution < -0.4 is 5.73 Å². The SMILES string of the molecule is CC(CCC1CCC(O)C2C(O)C3C(O)[C@]4(O)C(O)C(C(N)O)C(O)C[C@@H]4C[C@@H]3CC12)CC(C)(C)C. The molecule has 0 aromatic rings. The summed E-state index contributed by atoms with van der Waals surface area (Å²) in [5.74, 6) is -1.78. The highest BCUT2D eigenvalue weighted by Gasteiger charge is 2.66. The van der Waals surface area contributed by atoms with Gasteiger partial charge in [-0.3, -0.25) is 0 Å². The van der Waals surface area contributed by atoms with Crippen molar-refractivity contribution >= 4 is 0 Å². The van der Waals surface area contributed by atoms with Gasteiger partial charge in [-0.25, -0.2) is 0 Å². The van der Waals surface area contributed by atoms with Crippen molar-refractivity contribution in [3.8, 4) is 0 Å². The lowest BCUT2D eigenvalue weighted by atomic mass is 9.48. The van der Waals surface area contributed by atoms with Crippen molar-refractivity contribution in [1.82, 2.24) is 0 Å². The number of fused-ring (bicyclic) bond motifs is 3. The number of hydrogen-bond donors (Lipinski definition) is 8. The molecular weight excluding hydrogens is 462 g/mol. The summed E-state index contributed by atoms with van der Waals surface area (Å²) in [6.45, 7) is 9.09. The molecule has 12 unspecified atom stereocenters. The van der Waals surface area contributed by atoms with Gasteiger partial charge in [0.15, 0.2) is 0 Å². The second kappa shape index (κ2) is 10.3. The van der Waals surface area contributed by atoms with Gasteiger partial charge in [-0.1, -0.05) is 34.1 Å². The average Bonchev–Trinajstić information content (AvgIpc) is 2.74. The minimum atomic E-state index is -1.99. The Morgan fingerprint density at radius 1 is 0.917 bits per heavy atom. The quantitative estimate of drug-likeness (QED) is 0.252. The number of nitrogens with two attached hydrogens (primary N) is 1. The predicted octanol–water partition coefficient (Wildman–Crippen LogP) is 0.970. The number of aliphatic hydroxyl groups is 7. The van der Waals surface area contributed by atoms with Crippen LogP contribution >= 0.6 is 0 Å². The molecule has 0 radical (unpaired) electrons. The highest BCUT2D eigenvalue weighted by atomic mass is 16.4. The lowest BCUT2D eigenvalue weighted by molar-refractivity contribution is -0.295. The molecule has 36 heavy (non-hydrogen) atoms. The zero-order chi connectivity index (χ0) is 26.7. The van der Waals surface area contributed by atoms with Gasteiger partial charge < -0.3 is 41.5 Å². The molecule has 8 heteroatoms. The maximum Gasteiger partial charge on any atom is 0.120 e. The maximum absolute atomic E-state index is 11.6. The van der Waals surface area contributed by atoms with E-state index in [1.807, 2.05) is 0 Å². The molecule has 8 nitrogen and oxygen atoms in total. The van der Waals surface area contributed by atoms with Crippen LogP contribution in [0.5, 0.6) is 0 Å².